The SMILES string of the molecule is CS(=O)(=O)Nc1cc2occ(NC=O)c(=O)c2cc1Nc1ccccc1F. The van der Waals surface area contributed by atoms with Crippen molar-refractivity contribution in [1.29, 1.82) is 0 Å². The summed E-state index contributed by atoms with van der Waals surface area (Å²) in [7, 11) is -3.66. The van der Waals surface area contributed by atoms with E-state index in [-0.39, 0.29) is 33.7 Å². The van der Waals surface area contributed by atoms with Crippen LogP contribution >= 0.6 is 0 Å². The van der Waals surface area contributed by atoms with Crippen LogP contribution in [-0.4, -0.2) is 21.1 Å². The number of anilines is 4. The summed E-state index contributed by atoms with van der Waals surface area (Å²) >= 11 is 0. The molecule has 2 aromatic carbocycles. The molecule has 0 aliphatic rings. The van der Waals surface area contributed by atoms with Crippen LogP contribution in [0.25, 0.3) is 11.0 Å². The van der Waals surface area contributed by atoms with Gasteiger partial charge in [0.25, 0.3) is 0 Å². The van der Waals surface area contributed by atoms with E-state index in [0.29, 0.717) is 6.41 Å². The number of carbonyl (C=O) groups excluding carboxylic acids is 1. The van der Waals surface area contributed by atoms with Crippen LogP contribution in [0, 0.1) is 5.82 Å². The summed E-state index contributed by atoms with van der Waals surface area (Å²) in [6.45, 7) is 0. The monoisotopic (exact) mass is 391 g/mol. The Morgan fingerprint density at radius 2 is 1.81 bits per heavy atom. The summed E-state index contributed by atoms with van der Waals surface area (Å²) in [5.74, 6) is -0.564. The van der Waals surface area contributed by atoms with Gasteiger partial charge in [0.2, 0.25) is 21.9 Å². The number of fused-ring (bicyclic) bond motifs is 1. The van der Waals surface area contributed by atoms with Crippen LogP contribution in [0.3, 0.4) is 0 Å². The number of hydrogen-bond acceptors (Lipinski definition) is 6. The molecular formula is C17H14FN3O5S. The second kappa shape index (κ2) is 7.08. The predicted molar refractivity (Wildman–Crippen MR) is 100 cm³/mol. The van der Waals surface area contributed by atoms with E-state index in [2.05, 4.69) is 15.4 Å². The fourth-order valence-electron chi connectivity index (χ4n) is 2.43. The molecule has 1 heterocycles. The molecule has 1 aromatic heterocycles. The highest BCUT2D eigenvalue weighted by atomic mass is 32.2. The first-order valence-corrected chi connectivity index (χ1v) is 9.47. The molecule has 0 unspecified atom stereocenters. The number of sulfonamides is 1. The Kier molecular flexibility index (Phi) is 4.82. The summed E-state index contributed by atoms with van der Waals surface area (Å²) < 4.78 is 44.9. The van der Waals surface area contributed by atoms with Crippen molar-refractivity contribution in [1.82, 2.24) is 0 Å². The average molecular weight is 391 g/mol. The number of para-hydroxylation sites is 1. The van der Waals surface area contributed by atoms with Crippen LogP contribution < -0.4 is 20.8 Å². The quantitative estimate of drug-likeness (QED) is 0.556. The maximum atomic E-state index is 14.0. The highest BCUT2D eigenvalue weighted by Gasteiger charge is 2.15. The van der Waals surface area contributed by atoms with Crippen LogP contribution in [0.2, 0.25) is 0 Å². The molecule has 140 valence electrons. The highest BCUT2D eigenvalue weighted by Crippen LogP contribution is 2.31. The maximum absolute atomic E-state index is 14.0. The van der Waals surface area contributed by atoms with Gasteiger partial charge in [-0.05, 0) is 18.2 Å². The van der Waals surface area contributed by atoms with E-state index in [4.69, 9.17) is 4.42 Å². The molecule has 0 radical (unpaired) electrons. The van der Waals surface area contributed by atoms with E-state index in [9.17, 15) is 22.4 Å². The van der Waals surface area contributed by atoms with Crippen LogP contribution in [-0.2, 0) is 14.8 Å². The molecule has 0 fully saturated rings. The molecule has 8 nitrogen and oxygen atoms in total. The summed E-state index contributed by atoms with van der Waals surface area (Å²) in [4.78, 5) is 23.1. The van der Waals surface area contributed by atoms with Crippen molar-refractivity contribution >= 4 is 50.2 Å². The van der Waals surface area contributed by atoms with Crippen LogP contribution in [0.4, 0.5) is 27.1 Å². The van der Waals surface area contributed by atoms with Crippen molar-refractivity contribution in [3.8, 4) is 0 Å². The zero-order chi connectivity index (χ0) is 19.6. The molecule has 27 heavy (non-hydrogen) atoms. The van der Waals surface area contributed by atoms with E-state index in [1.54, 1.807) is 6.07 Å². The second-order valence-corrected chi connectivity index (χ2v) is 7.36. The molecule has 3 N–H and O–H groups in total. The van der Waals surface area contributed by atoms with Crippen molar-refractivity contribution < 1.29 is 22.0 Å². The predicted octanol–water partition coefficient (Wildman–Crippen LogP) is 2.62. The zero-order valence-corrected chi connectivity index (χ0v) is 14.8. The molecule has 3 aromatic rings. The van der Waals surface area contributed by atoms with Crippen molar-refractivity contribution in [2.24, 2.45) is 0 Å². The molecule has 0 bridgehead atoms. The Morgan fingerprint density at radius 1 is 1.07 bits per heavy atom. The van der Waals surface area contributed by atoms with Gasteiger partial charge >= 0.3 is 0 Å². The largest absolute Gasteiger partial charge is 0.462 e. The third-order valence-corrected chi connectivity index (χ3v) is 4.16. The first-order chi connectivity index (χ1) is 12.8. The van der Waals surface area contributed by atoms with Crippen LogP contribution in [0.15, 0.2) is 51.9 Å². The number of rotatable bonds is 6. The molecule has 0 saturated carbocycles. The van der Waals surface area contributed by atoms with Crippen molar-refractivity contribution in [3.05, 3.63) is 58.7 Å². The minimum absolute atomic E-state index is 0.0625. The summed E-state index contributed by atoms with van der Waals surface area (Å²) in [5, 5.41) is 5.05. The van der Waals surface area contributed by atoms with Crippen molar-refractivity contribution in [2.45, 2.75) is 0 Å². The molecule has 0 spiro atoms. The van der Waals surface area contributed by atoms with Crippen LogP contribution in [0.1, 0.15) is 0 Å². The van der Waals surface area contributed by atoms with Gasteiger partial charge in [-0.3, -0.25) is 14.3 Å². The van der Waals surface area contributed by atoms with Crippen molar-refractivity contribution in [2.75, 3.05) is 21.6 Å². The third kappa shape index (κ3) is 4.06. The number of carbonyl (C=O) groups is 1. The van der Waals surface area contributed by atoms with Gasteiger partial charge in [-0.25, -0.2) is 12.8 Å². The first-order valence-electron chi connectivity index (χ1n) is 7.57. The summed E-state index contributed by atoms with van der Waals surface area (Å²) in [6, 6.07) is 8.39. The number of hydrogen-bond donors (Lipinski definition) is 3. The standard InChI is InChI=1S/C17H14FN3O5S/c1-27(24,25)21-14-7-16-10(17(23)15(8-26-16)19-9-22)6-13(14)20-12-5-3-2-4-11(12)18/h2-9,20-21H,1H3,(H,19,22). The van der Waals surface area contributed by atoms with Gasteiger partial charge in [0.15, 0.2) is 0 Å². The fourth-order valence-corrected chi connectivity index (χ4v) is 3.00. The molecule has 10 heteroatoms. The van der Waals surface area contributed by atoms with Gasteiger partial charge in [-0.1, -0.05) is 12.1 Å². The number of halogens is 1. The van der Waals surface area contributed by atoms with Gasteiger partial charge in [0.1, 0.15) is 23.4 Å². The van der Waals surface area contributed by atoms with Gasteiger partial charge in [-0.15, -0.1) is 0 Å². The Balaban J connectivity index is 2.21. The highest BCUT2D eigenvalue weighted by molar-refractivity contribution is 7.92. The van der Waals surface area contributed by atoms with E-state index in [0.717, 1.165) is 12.5 Å². The Labute approximate surface area is 153 Å². The minimum atomic E-state index is -3.66. The average Bonchev–Trinajstić information content (AvgIpc) is 2.59. The smallest absolute Gasteiger partial charge is 0.229 e. The Morgan fingerprint density at radius 3 is 2.48 bits per heavy atom. The van der Waals surface area contributed by atoms with Gasteiger partial charge in [0, 0.05) is 6.07 Å². The lowest BCUT2D eigenvalue weighted by Crippen LogP contribution is -2.13. The Bertz CT molecular complexity index is 1190. The van der Waals surface area contributed by atoms with E-state index in [1.165, 1.54) is 30.3 Å². The van der Waals surface area contributed by atoms with Gasteiger partial charge < -0.3 is 15.1 Å². The summed E-state index contributed by atoms with van der Waals surface area (Å²) in [5.41, 5.74) is -0.258. The lowest BCUT2D eigenvalue weighted by atomic mass is 10.1. The van der Waals surface area contributed by atoms with Crippen LogP contribution in [0.5, 0.6) is 0 Å². The van der Waals surface area contributed by atoms with E-state index >= 15 is 0 Å². The second-order valence-electron chi connectivity index (χ2n) is 5.61. The number of benzene rings is 2. The minimum Gasteiger partial charge on any atom is -0.462 e. The van der Waals surface area contributed by atoms with Crippen molar-refractivity contribution in [3.63, 3.8) is 0 Å². The molecule has 0 aliphatic heterocycles. The van der Waals surface area contributed by atoms with Gasteiger partial charge in [0.05, 0.1) is 28.7 Å². The number of nitrogens with one attached hydrogen (secondary N) is 3. The third-order valence-electron chi connectivity index (χ3n) is 3.57. The Hall–Kier alpha value is -3.40. The summed E-state index contributed by atoms with van der Waals surface area (Å²) in [6.07, 6.45) is 2.33. The lowest BCUT2D eigenvalue weighted by Gasteiger charge is -2.14. The normalized spacial score (nSPS) is 11.2. The van der Waals surface area contributed by atoms with E-state index in [1.807, 2.05) is 0 Å². The molecule has 0 atom stereocenters. The zero-order valence-electron chi connectivity index (χ0n) is 13.9. The first kappa shape index (κ1) is 18.4. The molecule has 3 rings (SSSR count). The maximum Gasteiger partial charge on any atom is 0.229 e. The molecule has 0 aliphatic carbocycles. The number of amides is 1. The molecular weight excluding hydrogens is 377 g/mol. The molecule has 1 amide bonds. The van der Waals surface area contributed by atoms with E-state index < -0.39 is 21.3 Å². The van der Waals surface area contributed by atoms with Gasteiger partial charge in [-0.2, -0.15) is 0 Å². The topological polar surface area (TPSA) is 118 Å². The molecule has 0 saturated heterocycles. The fraction of sp³-hybridized carbons (Fsp3) is 0.0588. The lowest BCUT2D eigenvalue weighted by molar-refractivity contribution is -0.105.